The van der Waals surface area contributed by atoms with E-state index in [1.807, 2.05) is 68.4 Å². The number of oxazole rings is 1. The van der Waals surface area contributed by atoms with Gasteiger partial charge in [0.1, 0.15) is 5.76 Å². The molecule has 0 aliphatic carbocycles. The van der Waals surface area contributed by atoms with Gasteiger partial charge in [-0.25, -0.2) is 4.98 Å². The van der Waals surface area contributed by atoms with Crippen LogP contribution in [0, 0.1) is 13.8 Å². The highest BCUT2D eigenvalue weighted by Crippen LogP contribution is 2.22. The van der Waals surface area contributed by atoms with Gasteiger partial charge in [0, 0.05) is 24.1 Å². The first-order chi connectivity index (χ1) is 11.6. The van der Waals surface area contributed by atoms with Crippen molar-refractivity contribution in [2.45, 2.75) is 26.7 Å². The normalized spacial score (nSPS) is 10.6. The van der Waals surface area contributed by atoms with Crippen molar-refractivity contribution in [3.05, 3.63) is 71.6 Å². The molecule has 0 fully saturated rings. The van der Waals surface area contributed by atoms with E-state index < -0.39 is 0 Å². The molecule has 0 saturated heterocycles. The van der Waals surface area contributed by atoms with Gasteiger partial charge in [-0.05, 0) is 37.6 Å². The molecule has 122 valence electrons. The Morgan fingerprint density at radius 2 is 1.75 bits per heavy atom. The maximum absolute atomic E-state index is 12.2. The second-order valence-corrected chi connectivity index (χ2v) is 5.75. The Hall–Kier alpha value is -2.88. The zero-order chi connectivity index (χ0) is 16.9. The minimum atomic E-state index is -0.0204. The van der Waals surface area contributed by atoms with Crippen molar-refractivity contribution >= 4 is 11.6 Å². The van der Waals surface area contributed by atoms with Crippen LogP contribution in [-0.2, 0) is 11.2 Å². The van der Waals surface area contributed by atoms with E-state index in [4.69, 9.17) is 4.42 Å². The number of para-hydroxylation sites is 1. The number of nitrogens with one attached hydrogen (secondary N) is 1. The highest BCUT2D eigenvalue weighted by Gasteiger charge is 2.13. The Bertz CT molecular complexity index is 838. The molecule has 0 radical (unpaired) electrons. The topological polar surface area (TPSA) is 55.1 Å². The van der Waals surface area contributed by atoms with E-state index in [1.165, 1.54) is 0 Å². The van der Waals surface area contributed by atoms with Crippen molar-refractivity contribution in [3.63, 3.8) is 0 Å². The lowest BCUT2D eigenvalue weighted by molar-refractivity contribution is -0.116. The largest absolute Gasteiger partial charge is 0.441 e. The van der Waals surface area contributed by atoms with E-state index in [0.717, 1.165) is 28.3 Å². The Morgan fingerprint density at radius 3 is 2.50 bits per heavy atom. The number of rotatable bonds is 5. The van der Waals surface area contributed by atoms with Crippen molar-refractivity contribution in [3.8, 4) is 11.5 Å². The van der Waals surface area contributed by atoms with Gasteiger partial charge >= 0.3 is 0 Å². The summed E-state index contributed by atoms with van der Waals surface area (Å²) in [5, 5.41) is 2.94. The van der Waals surface area contributed by atoms with Crippen LogP contribution < -0.4 is 5.32 Å². The number of hydrogen-bond donors (Lipinski definition) is 1. The van der Waals surface area contributed by atoms with Crippen molar-refractivity contribution in [1.29, 1.82) is 0 Å². The van der Waals surface area contributed by atoms with Crippen LogP contribution in [0.15, 0.2) is 59.0 Å². The quantitative estimate of drug-likeness (QED) is 0.751. The van der Waals surface area contributed by atoms with Crippen LogP contribution in [0.1, 0.15) is 23.4 Å². The van der Waals surface area contributed by atoms with Gasteiger partial charge in [0.2, 0.25) is 11.8 Å². The molecule has 0 bridgehead atoms. The fourth-order valence-corrected chi connectivity index (χ4v) is 2.52. The number of carbonyl (C=O) groups is 1. The van der Waals surface area contributed by atoms with Gasteiger partial charge in [-0.15, -0.1) is 0 Å². The first-order valence-electron chi connectivity index (χ1n) is 8.00. The van der Waals surface area contributed by atoms with Gasteiger partial charge in [-0.3, -0.25) is 4.79 Å². The molecule has 4 nitrogen and oxygen atoms in total. The molecule has 0 unspecified atom stereocenters. The average molecular weight is 320 g/mol. The number of hydrogen-bond acceptors (Lipinski definition) is 3. The van der Waals surface area contributed by atoms with E-state index in [0.29, 0.717) is 18.7 Å². The molecule has 0 aliphatic rings. The summed E-state index contributed by atoms with van der Waals surface area (Å²) in [6.45, 7) is 3.86. The molecule has 3 aromatic rings. The summed E-state index contributed by atoms with van der Waals surface area (Å²) in [7, 11) is 0. The molecule has 1 N–H and O–H groups in total. The SMILES string of the molecule is Cc1ccccc1NC(=O)CCc1nc(-c2ccccc2)oc1C. The Kier molecular flexibility index (Phi) is 4.75. The van der Waals surface area contributed by atoms with Gasteiger partial charge in [0.05, 0.1) is 5.69 Å². The molecule has 1 amide bonds. The van der Waals surface area contributed by atoms with Gasteiger partial charge in [-0.2, -0.15) is 0 Å². The number of aryl methyl sites for hydroxylation is 3. The van der Waals surface area contributed by atoms with Crippen LogP contribution in [0.3, 0.4) is 0 Å². The fourth-order valence-electron chi connectivity index (χ4n) is 2.52. The molecule has 1 aromatic heterocycles. The molecule has 0 saturated carbocycles. The highest BCUT2D eigenvalue weighted by atomic mass is 16.4. The Balaban J connectivity index is 1.64. The molecule has 0 spiro atoms. The van der Waals surface area contributed by atoms with Crippen molar-refractivity contribution in [1.82, 2.24) is 4.98 Å². The maximum Gasteiger partial charge on any atom is 0.226 e. The number of amides is 1. The number of aromatic nitrogens is 1. The second kappa shape index (κ2) is 7.13. The standard InChI is InChI=1S/C20H20N2O2/c1-14-8-6-7-11-17(14)21-19(23)13-12-18-15(2)24-20(22-18)16-9-4-3-5-10-16/h3-11H,12-13H2,1-2H3,(H,21,23). The van der Waals surface area contributed by atoms with Crippen LogP contribution in [0.2, 0.25) is 0 Å². The van der Waals surface area contributed by atoms with E-state index in [9.17, 15) is 4.79 Å². The molecule has 2 aromatic carbocycles. The van der Waals surface area contributed by atoms with Crippen LogP contribution in [0.4, 0.5) is 5.69 Å². The van der Waals surface area contributed by atoms with Crippen LogP contribution in [0.25, 0.3) is 11.5 Å². The first-order valence-corrected chi connectivity index (χ1v) is 8.00. The third kappa shape index (κ3) is 3.71. The average Bonchev–Trinajstić information content (AvgIpc) is 2.97. The molecule has 4 heteroatoms. The van der Waals surface area contributed by atoms with E-state index >= 15 is 0 Å². The smallest absolute Gasteiger partial charge is 0.226 e. The minimum Gasteiger partial charge on any atom is -0.441 e. The third-order valence-corrected chi connectivity index (χ3v) is 3.92. The van der Waals surface area contributed by atoms with Gasteiger partial charge in [-0.1, -0.05) is 36.4 Å². The van der Waals surface area contributed by atoms with Crippen molar-refractivity contribution in [2.75, 3.05) is 5.32 Å². The fraction of sp³-hybridized carbons (Fsp3) is 0.200. The monoisotopic (exact) mass is 320 g/mol. The second-order valence-electron chi connectivity index (χ2n) is 5.75. The zero-order valence-corrected chi connectivity index (χ0v) is 13.9. The molecule has 0 atom stereocenters. The third-order valence-electron chi connectivity index (χ3n) is 3.92. The maximum atomic E-state index is 12.2. The molecular formula is C20H20N2O2. The summed E-state index contributed by atoms with van der Waals surface area (Å²) < 4.78 is 5.73. The van der Waals surface area contributed by atoms with Crippen LogP contribution in [0.5, 0.6) is 0 Å². The summed E-state index contributed by atoms with van der Waals surface area (Å²) in [6.07, 6.45) is 0.926. The predicted octanol–water partition coefficient (Wildman–Crippen LogP) is 4.53. The minimum absolute atomic E-state index is 0.0204. The predicted molar refractivity (Wildman–Crippen MR) is 94.8 cm³/mol. The van der Waals surface area contributed by atoms with E-state index in [2.05, 4.69) is 10.3 Å². The summed E-state index contributed by atoms with van der Waals surface area (Å²) in [4.78, 5) is 16.7. The van der Waals surface area contributed by atoms with Gasteiger partial charge < -0.3 is 9.73 Å². The Labute approximate surface area is 141 Å². The molecule has 3 rings (SSSR count). The first kappa shape index (κ1) is 16.0. The van der Waals surface area contributed by atoms with Crippen molar-refractivity contribution in [2.24, 2.45) is 0 Å². The van der Waals surface area contributed by atoms with Crippen LogP contribution in [-0.4, -0.2) is 10.9 Å². The summed E-state index contributed by atoms with van der Waals surface area (Å²) in [5.41, 5.74) is 3.67. The summed E-state index contributed by atoms with van der Waals surface area (Å²) in [5.74, 6) is 1.34. The zero-order valence-electron chi connectivity index (χ0n) is 13.9. The number of anilines is 1. The lowest BCUT2D eigenvalue weighted by Gasteiger charge is -2.07. The molecule has 24 heavy (non-hydrogen) atoms. The van der Waals surface area contributed by atoms with Gasteiger partial charge in [0.15, 0.2) is 0 Å². The molecular weight excluding hydrogens is 300 g/mol. The lowest BCUT2D eigenvalue weighted by atomic mass is 10.1. The van der Waals surface area contributed by atoms with Crippen molar-refractivity contribution < 1.29 is 9.21 Å². The number of carbonyl (C=O) groups excluding carboxylic acids is 1. The highest BCUT2D eigenvalue weighted by molar-refractivity contribution is 5.91. The van der Waals surface area contributed by atoms with E-state index in [1.54, 1.807) is 0 Å². The van der Waals surface area contributed by atoms with E-state index in [-0.39, 0.29) is 5.91 Å². The molecule has 1 heterocycles. The number of benzene rings is 2. The summed E-state index contributed by atoms with van der Waals surface area (Å²) in [6, 6.07) is 17.5. The number of nitrogens with zero attached hydrogens (tertiary/aromatic N) is 1. The molecule has 0 aliphatic heterocycles. The Morgan fingerprint density at radius 1 is 1.04 bits per heavy atom. The summed E-state index contributed by atoms with van der Waals surface area (Å²) >= 11 is 0. The van der Waals surface area contributed by atoms with Crippen LogP contribution >= 0.6 is 0 Å². The van der Waals surface area contributed by atoms with Gasteiger partial charge in [0.25, 0.3) is 0 Å². The lowest BCUT2D eigenvalue weighted by Crippen LogP contribution is -2.13.